The summed E-state index contributed by atoms with van der Waals surface area (Å²) in [5, 5.41) is 10.3. The maximum Gasteiger partial charge on any atom is 0.290 e. The zero-order valence-electron chi connectivity index (χ0n) is 9.25. The minimum atomic E-state index is -0.250. The van der Waals surface area contributed by atoms with Crippen molar-refractivity contribution in [2.45, 2.75) is 33.6 Å². The first-order chi connectivity index (χ1) is 6.02. The fourth-order valence-corrected chi connectivity index (χ4v) is 1.69. The maximum atomic E-state index is 8.36. The summed E-state index contributed by atoms with van der Waals surface area (Å²) in [5.41, 5.74) is 0.530. The molecule has 1 aliphatic rings. The molecule has 0 saturated carbocycles. The van der Waals surface area contributed by atoms with E-state index in [2.05, 4.69) is 26.1 Å². The van der Waals surface area contributed by atoms with Gasteiger partial charge >= 0.3 is 0 Å². The SMILES string of the molecule is CC(C)(C)C1CCNCC1.Cl.O=CO. The largest absolute Gasteiger partial charge is 0.483 e. The Labute approximate surface area is 92.7 Å². The van der Waals surface area contributed by atoms with Gasteiger partial charge < -0.3 is 10.4 Å². The molecule has 86 valence electrons. The second-order valence-corrected chi connectivity index (χ2v) is 4.50. The number of hydrogen-bond acceptors (Lipinski definition) is 2. The van der Waals surface area contributed by atoms with Gasteiger partial charge in [-0.25, -0.2) is 0 Å². The number of hydrogen-bond donors (Lipinski definition) is 2. The number of piperidine rings is 1. The Kier molecular flexibility index (Phi) is 9.31. The van der Waals surface area contributed by atoms with Gasteiger partial charge in [0.1, 0.15) is 0 Å². The fourth-order valence-electron chi connectivity index (χ4n) is 1.69. The summed E-state index contributed by atoms with van der Waals surface area (Å²) in [6, 6.07) is 0. The molecular weight excluding hydrogens is 202 g/mol. The number of carbonyl (C=O) groups is 1. The van der Waals surface area contributed by atoms with Gasteiger partial charge in [-0.2, -0.15) is 0 Å². The molecule has 0 aromatic carbocycles. The van der Waals surface area contributed by atoms with Crippen molar-refractivity contribution < 1.29 is 9.90 Å². The predicted molar refractivity (Wildman–Crippen MR) is 61.0 cm³/mol. The third-order valence-corrected chi connectivity index (χ3v) is 2.56. The topological polar surface area (TPSA) is 49.3 Å². The van der Waals surface area contributed by atoms with Gasteiger partial charge in [0.25, 0.3) is 6.47 Å². The van der Waals surface area contributed by atoms with Crippen molar-refractivity contribution in [2.75, 3.05) is 13.1 Å². The van der Waals surface area contributed by atoms with E-state index in [-0.39, 0.29) is 18.9 Å². The molecule has 1 rings (SSSR count). The lowest BCUT2D eigenvalue weighted by atomic mass is 9.76. The Balaban J connectivity index is 0. The molecule has 0 bridgehead atoms. The van der Waals surface area contributed by atoms with Crippen molar-refractivity contribution in [2.24, 2.45) is 11.3 Å². The Bertz CT molecular complexity index is 140. The molecule has 0 amide bonds. The molecular formula is C10H22ClNO2. The van der Waals surface area contributed by atoms with Crippen molar-refractivity contribution in [3.63, 3.8) is 0 Å². The van der Waals surface area contributed by atoms with E-state index >= 15 is 0 Å². The zero-order chi connectivity index (χ0) is 10.3. The summed E-state index contributed by atoms with van der Waals surface area (Å²) in [5.74, 6) is 0.939. The van der Waals surface area contributed by atoms with Gasteiger partial charge in [-0.15, -0.1) is 12.4 Å². The van der Waals surface area contributed by atoms with E-state index < -0.39 is 0 Å². The summed E-state index contributed by atoms with van der Waals surface area (Å²) in [6.07, 6.45) is 2.73. The molecule has 3 nitrogen and oxygen atoms in total. The Morgan fingerprint density at radius 2 is 1.64 bits per heavy atom. The lowest BCUT2D eigenvalue weighted by Crippen LogP contribution is -2.34. The van der Waals surface area contributed by atoms with Crippen molar-refractivity contribution in [1.82, 2.24) is 5.32 Å². The molecule has 2 N–H and O–H groups in total. The van der Waals surface area contributed by atoms with Crippen LogP contribution in [0.1, 0.15) is 33.6 Å². The highest BCUT2D eigenvalue weighted by Crippen LogP contribution is 2.32. The van der Waals surface area contributed by atoms with Crippen molar-refractivity contribution >= 4 is 18.9 Å². The van der Waals surface area contributed by atoms with Gasteiger partial charge in [0, 0.05) is 0 Å². The van der Waals surface area contributed by atoms with Crippen molar-refractivity contribution in [3.05, 3.63) is 0 Å². The Hall–Kier alpha value is -0.280. The minimum Gasteiger partial charge on any atom is -0.483 e. The summed E-state index contributed by atoms with van der Waals surface area (Å²) in [4.78, 5) is 8.36. The van der Waals surface area contributed by atoms with Gasteiger partial charge in [-0.1, -0.05) is 20.8 Å². The van der Waals surface area contributed by atoms with Gasteiger partial charge in [0.05, 0.1) is 0 Å². The third-order valence-electron chi connectivity index (χ3n) is 2.56. The van der Waals surface area contributed by atoms with Gasteiger partial charge in [-0.05, 0) is 37.3 Å². The number of rotatable bonds is 0. The van der Waals surface area contributed by atoms with E-state index in [9.17, 15) is 0 Å². The van der Waals surface area contributed by atoms with Crippen LogP contribution in [0, 0.1) is 11.3 Å². The average molecular weight is 224 g/mol. The van der Waals surface area contributed by atoms with E-state index in [0.29, 0.717) is 5.41 Å². The highest BCUT2D eigenvalue weighted by molar-refractivity contribution is 5.85. The molecule has 14 heavy (non-hydrogen) atoms. The fraction of sp³-hybridized carbons (Fsp3) is 0.900. The molecule has 1 aliphatic heterocycles. The molecule has 0 unspecified atom stereocenters. The smallest absolute Gasteiger partial charge is 0.290 e. The van der Waals surface area contributed by atoms with Crippen LogP contribution in [0.3, 0.4) is 0 Å². The second-order valence-electron chi connectivity index (χ2n) is 4.50. The molecule has 0 spiro atoms. The number of halogens is 1. The van der Waals surface area contributed by atoms with Crippen LogP contribution in [0.4, 0.5) is 0 Å². The molecule has 0 atom stereocenters. The van der Waals surface area contributed by atoms with E-state index in [4.69, 9.17) is 9.90 Å². The first-order valence-electron chi connectivity index (χ1n) is 4.81. The van der Waals surface area contributed by atoms with Crippen molar-refractivity contribution in [3.8, 4) is 0 Å². The standard InChI is InChI=1S/C9H19N.CH2O2.ClH/c1-9(2,3)8-4-6-10-7-5-8;2-1-3;/h8,10H,4-7H2,1-3H3;1H,(H,2,3);1H. The van der Waals surface area contributed by atoms with Gasteiger partial charge in [0.15, 0.2) is 0 Å². The van der Waals surface area contributed by atoms with Crippen LogP contribution in [0.25, 0.3) is 0 Å². The van der Waals surface area contributed by atoms with Crippen LogP contribution in [-0.4, -0.2) is 24.7 Å². The average Bonchev–Trinajstić information content (AvgIpc) is 2.06. The van der Waals surface area contributed by atoms with Gasteiger partial charge in [-0.3, -0.25) is 4.79 Å². The van der Waals surface area contributed by atoms with Crippen LogP contribution in [0.15, 0.2) is 0 Å². The van der Waals surface area contributed by atoms with Crippen LogP contribution in [0.5, 0.6) is 0 Å². The van der Waals surface area contributed by atoms with E-state index in [0.717, 1.165) is 5.92 Å². The van der Waals surface area contributed by atoms with E-state index in [1.54, 1.807) is 0 Å². The molecule has 1 saturated heterocycles. The molecule has 1 heterocycles. The minimum absolute atomic E-state index is 0. The second kappa shape index (κ2) is 8.06. The van der Waals surface area contributed by atoms with Crippen LogP contribution in [-0.2, 0) is 4.79 Å². The lowest BCUT2D eigenvalue weighted by Gasteiger charge is -2.34. The molecule has 0 aromatic heterocycles. The highest BCUT2D eigenvalue weighted by atomic mass is 35.5. The summed E-state index contributed by atoms with van der Waals surface area (Å²) in [6.45, 7) is 9.25. The maximum absolute atomic E-state index is 8.36. The van der Waals surface area contributed by atoms with Crippen LogP contribution >= 0.6 is 12.4 Å². The summed E-state index contributed by atoms with van der Waals surface area (Å²) < 4.78 is 0. The van der Waals surface area contributed by atoms with Crippen molar-refractivity contribution in [1.29, 1.82) is 0 Å². The molecule has 0 aromatic rings. The van der Waals surface area contributed by atoms with Gasteiger partial charge in [0.2, 0.25) is 0 Å². The summed E-state index contributed by atoms with van der Waals surface area (Å²) in [7, 11) is 0. The first kappa shape index (κ1) is 16.2. The first-order valence-corrected chi connectivity index (χ1v) is 4.81. The quantitative estimate of drug-likeness (QED) is 0.619. The molecule has 4 heteroatoms. The number of carboxylic acid groups (broad SMARTS) is 1. The van der Waals surface area contributed by atoms with Crippen LogP contribution < -0.4 is 5.32 Å². The summed E-state index contributed by atoms with van der Waals surface area (Å²) >= 11 is 0. The lowest BCUT2D eigenvalue weighted by molar-refractivity contribution is -0.122. The highest BCUT2D eigenvalue weighted by Gasteiger charge is 2.25. The predicted octanol–water partition coefficient (Wildman–Crippen LogP) is 2.15. The molecule has 0 aliphatic carbocycles. The van der Waals surface area contributed by atoms with E-state index in [1.807, 2.05) is 0 Å². The molecule has 1 fully saturated rings. The zero-order valence-corrected chi connectivity index (χ0v) is 10.1. The normalized spacial score (nSPS) is 17.4. The molecule has 0 radical (unpaired) electrons. The monoisotopic (exact) mass is 223 g/mol. The van der Waals surface area contributed by atoms with E-state index in [1.165, 1.54) is 25.9 Å². The van der Waals surface area contributed by atoms with Crippen LogP contribution in [0.2, 0.25) is 0 Å². The number of nitrogens with one attached hydrogen (secondary N) is 1. The Morgan fingerprint density at radius 3 is 1.86 bits per heavy atom. The Morgan fingerprint density at radius 1 is 1.29 bits per heavy atom. The third kappa shape index (κ3) is 7.15.